The van der Waals surface area contributed by atoms with Crippen LogP contribution in [0.4, 0.5) is 0 Å². The number of hydrogen-bond acceptors (Lipinski definition) is 0. The van der Waals surface area contributed by atoms with Crippen LogP contribution in [-0.4, -0.2) is 0 Å². The third-order valence-electron chi connectivity index (χ3n) is 5.22. The molecule has 24 heavy (non-hydrogen) atoms. The van der Waals surface area contributed by atoms with Gasteiger partial charge in [-0.3, -0.25) is 0 Å². The second-order valence-corrected chi connectivity index (χ2v) is 6.61. The number of aryl methyl sites for hydroxylation is 2. The quantitative estimate of drug-likeness (QED) is 0.503. The summed E-state index contributed by atoms with van der Waals surface area (Å²) in [7, 11) is 0. The molecule has 3 aromatic rings. The molecule has 0 fully saturated rings. The molecular weight excluding hydrogens is 288 g/mol. The summed E-state index contributed by atoms with van der Waals surface area (Å²) in [6.07, 6.45) is 1.08. The Kier molecular flexibility index (Phi) is 4.85. The van der Waals surface area contributed by atoms with Gasteiger partial charge in [-0.2, -0.15) is 0 Å². The van der Waals surface area contributed by atoms with Gasteiger partial charge in [0.05, 0.1) is 0 Å². The standard InChI is InChI=1S/C24H26/c1-5-20-12-6-7-13-21(20)19(4)23-14-8-9-15-24(23)22-16-10-11-17(2)18(22)3/h6-16,19H,5H2,1-4H3. The molecule has 0 heteroatoms. The Morgan fingerprint density at radius 3 is 2.08 bits per heavy atom. The van der Waals surface area contributed by atoms with Crippen LogP contribution in [0.5, 0.6) is 0 Å². The molecule has 0 aliphatic rings. The summed E-state index contributed by atoms with van der Waals surface area (Å²) in [6, 6.07) is 24.3. The van der Waals surface area contributed by atoms with Crippen molar-refractivity contribution in [1.29, 1.82) is 0 Å². The largest absolute Gasteiger partial charge is 0.0620 e. The highest BCUT2D eigenvalue weighted by molar-refractivity contribution is 5.73. The van der Waals surface area contributed by atoms with E-state index in [1.165, 1.54) is 38.9 Å². The monoisotopic (exact) mass is 314 g/mol. The summed E-state index contributed by atoms with van der Waals surface area (Å²) in [5.41, 5.74) is 9.74. The molecule has 3 rings (SSSR count). The molecule has 0 aliphatic heterocycles. The van der Waals surface area contributed by atoms with Crippen LogP contribution in [0.3, 0.4) is 0 Å². The first-order valence-corrected chi connectivity index (χ1v) is 8.86. The Bertz CT molecular complexity index is 842. The highest BCUT2D eigenvalue weighted by atomic mass is 14.2. The Hall–Kier alpha value is -2.34. The molecule has 1 unspecified atom stereocenters. The summed E-state index contributed by atoms with van der Waals surface area (Å²) in [5, 5.41) is 0. The van der Waals surface area contributed by atoms with Crippen molar-refractivity contribution >= 4 is 0 Å². The van der Waals surface area contributed by atoms with Crippen molar-refractivity contribution in [3.63, 3.8) is 0 Å². The Morgan fingerprint density at radius 2 is 1.33 bits per heavy atom. The Balaban J connectivity index is 2.15. The first kappa shape index (κ1) is 16.5. The Labute approximate surface area is 146 Å². The molecule has 0 saturated carbocycles. The van der Waals surface area contributed by atoms with Crippen LogP contribution in [0, 0.1) is 13.8 Å². The zero-order valence-electron chi connectivity index (χ0n) is 15.1. The number of benzene rings is 3. The molecule has 0 aromatic heterocycles. The van der Waals surface area contributed by atoms with Crippen LogP contribution in [0.2, 0.25) is 0 Å². The molecule has 0 aliphatic carbocycles. The maximum Gasteiger partial charge on any atom is 0.00698 e. The highest BCUT2D eigenvalue weighted by Crippen LogP contribution is 2.36. The van der Waals surface area contributed by atoms with Crippen LogP contribution in [-0.2, 0) is 6.42 Å². The van der Waals surface area contributed by atoms with Crippen LogP contribution in [0.15, 0.2) is 66.7 Å². The predicted molar refractivity (Wildman–Crippen MR) is 105 cm³/mol. The summed E-state index contributed by atoms with van der Waals surface area (Å²) in [6.45, 7) is 8.99. The zero-order chi connectivity index (χ0) is 17.1. The number of hydrogen-bond donors (Lipinski definition) is 0. The van der Waals surface area contributed by atoms with E-state index in [1.54, 1.807) is 0 Å². The molecule has 0 saturated heterocycles. The normalized spacial score (nSPS) is 12.2. The van der Waals surface area contributed by atoms with Gasteiger partial charge >= 0.3 is 0 Å². The third kappa shape index (κ3) is 3.01. The van der Waals surface area contributed by atoms with E-state index >= 15 is 0 Å². The van der Waals surface area contributed by atoms with E-state index < -0.39 is 0 Å². The topological polar surface area (TPSA) is 0 Å². The first-order chi connectivity index (χ1) is 11.6. The van der Waals surface area contributed by atoms with E-state index in [-0.39, 0.29) is 0 Å². The molecule has 0 N–H and O–H groups in total. The van der Waals surface area contributed by atoms with Gasteiger partial charge < -0.3 is 0 Å². The molecule has 1 atom stereocenters. The zero-order valence-corrected chi connectivity index (χ0v) is 15.1. The van der Waals surface area contributed by atoms with E-state index in [4.69, 9.17) is 0 Å². The minimum Gasteiger partial charge on any atom is -0.0620 e. The first-order valence-electron chi connectivity index (χ1n) is 8.86. The maximum atomic E-state index is 2.33. The molecule has 0 radical (unpaired) electrons. The van der Waals surface area contributed by atoms with Crippen LogP contribution in [0.1, 0.15) is 47.6 Å². The lowest BCUT2D eigenvalue weighted by molar-refractivity contribution is 0.895. The molecule has 0 heterocycles. The van der Waals surface area contributed by atoms with Crippen molar-refractivity contribution in [3.8, 4) is 11.1 Å². The minimum atomic E-state index is 0.386. The smallest absolute Gasteiger partial charge is 0.00698 e. The van der Waals surface area contributed by atoms with E-state index in [0.717, 1.165) is 6.42 Å². The van der Waals surface area contributed by atoms with E-state index in [2.05, 4.69) is 94.4 Å². The van der Waals surface area contributed by atoms with Gasteiger partial charge in [-0.25, -0.2) is 0 Å². The van der Waals surface area contributed by atoms with E-state index in [1.807, 2.05) is 0 Å². The average molecular weight is 314 g/mol. The third-order valence-corrected chi connectivity index (χ3v) is 5.22. The van der Waals surface area contributed by atoms with Gasteiger partial charge in [0, 0.05) is 5.92 Å². The molecule has 3 aromatic carbocycles. The predicted octanol–water partition coefficient (Wildman–Crippen LogP) is 6.68. The molecule has 0 spiro atoms. The minimum absolute atomic E-state index is 0.386. The lowest BCUT2D eigenvalue weighted by Gasteiger charge is -2.21. The maximum absolute atomic E-state index is 2.33. The molecule has 0 nitrogen and oxygen atoms in total. The molecule has 0 bridgehead atoms. The van der Waals surface area contributed by atoms with Gasteiger partial charge in [-0.1, -0.05) is 80.6 Å². The van der Waals surface area contributed by atoms with Gasteiger partial charge in [-0.15, -0.1) is 0 Å². The van der Waals surface area contributed by atoms with Crippen molar-refractivity contribution in [2.24, 2.45) is 0 Å². The fourth-order valence-corrected chi connectivity index (χ4v) is 3.61. The lowest BCUT2D eigenvalue weighted by Crippen LogP contribution is -2.03. The summed E-state index contributed by atoms with van der Waals surface area (Å²) in [4.78, 5) is 0. The van der Waals surface area contributed by atoms with Crippen LogP contribution in [0.25, 0.3) is 11.1 Å². The van der Waals surface area contributed by atoms with Gasteiger partial charge in [0.15, 0.2) is 0 Å². The van der Waals surface area contributed by atoms with Gasteiger partial charge in [0.2, 0.25) is 0 Å². The lowest BCUT2D eigenvalue weighted by atomic mass is 9.83. The van der Waals surface area contributed by atoms with Crippen molar-refractivity contribution in [1.82, 2.24) is 0 Å². The second kappa shape index (κ2) is 7.05. The molecule has 0 amide bonds. The van der Waals surface area contributed by atoms with Crippen LogP contribution < -0.4 is 0 Å². The SMILES string of the molecule is CCc1ccccc1C(C)c1ccccc1-c1cccc(C)c1C. The average Bonchev–Trinajstić information content (AvgIpc) is 2.63. The second-order valence-electron chi connectivity index (χ2n) is 6.61. The fraction of sp³-hybridized carbons (Fsp3) is 0.250. The molecule has 122 valence electrons. The van der Waals surface area contributed by atoms with Crippen molar-refractivity contribution < 1.29 is 0 Å². The fourth-order valence-electron chi connectivity index (χ4n) is 3.61. The summed E-state index contributed by atoms with van der Waals surface area (Å²) in [5.74, 6) is 0.386. The van der Waals surface area contributed by atoms with Gasteiger partial charge in [0.1, 0.15) is 0 Å². The summed E-state index contributed by atoms with van der Waals surface area (Å²) < 4.78 is 0. The van der Waals surface area contributed by atoms with E-state index in [9.17, 15) is 0 Å². The van der Waals surface area contributed by atoms with Gasteiger partial charge in [-0.05, 0) is 59.2 Å². The molecular formula is C24H26. The van der Waals surface area contributed by atoms with Crippen molar-refractivity contribution in [2.45, 2.75) is 40.0 Å². The van der Waals surface area contributed by atoms with Crippen LogP contribution >= 0.6 is 0 Å². The highest BCUT2D eigenvalue weighted by Gasteiger charge is 2.17. The Morgan fingerprint density at radius 1 is 0.708 bits per heavy atom. The van der Waals surface area contributed by atoms with E-state index in [0.29, 0.717) is 5.92 Å². The number of rotatable bonds is 4. The van der Waals surface area contributed by atoms with Crippen molar-refractivity contribution in [2.75, 3.05) is 0 Å². The van der Waals surface area contributed by atoms with Crippen molar-refractivity contribution in [3.05, 3.63) is 94.5 Å². The van der Waals surface area contributed by atoms with Gasteiger partial charge in [0.25, 0.3) is 0 Å². The summed E-state index contributed by atoms with van der Waals surface area (Å²) >= 11 is 0.